The van der Waals surface area contributed by atoms with Crippen molar-refractivity contribution in [3.8, 4) is 11.4 Å². The number of ketones is 1. The van der Waals surface area contributed by atoms with Crippen LogP contribution in [0.2, 0.25) is 0 Å². The lowest BCUT2D eigenvalue weighted by molar-refractivity contribution is -0.123. The first kappa shape index (κ1) is 17.4. The van der Waals surface area contributed by atoms with Crippen molar-refractivity contribution in [2.24, 2.45) is 17.6 Å². The van der Waals surface area contributed by atoms with E-state index in [9.17, 15) is 4.79 Å². The SMILES string of the molecule is C[C@@H](N)C1CCC(C(=O)Cc2ccnc3[nH]c(-c4cscn4)cc23)CC1. The Labute approximate surface area is 157 Å². The lowest BCUT2D eigenvalue weighted by Gasteiger charge is -2.30. The molecule has 3 heterocycles. The van der Waals surface area contributed by atoms with E-state index in [1.165, 1.54) is 0 Å². The second-order valence-electron chi connectivity index (χ2n) is 7.40. The van der Waals surface area contributed by atoms with E-state index < -0.39 is 0 Å². The third kappa shape index (κ3) is 3.44. The molecule has 136 valence electrons. The summed E-state index contributed by atoms with van der Waals surface area (Å²) in [6, 6.07) is 4.26. The van der Waals surface area contributed by atoms with Crippen LogP contribution >= 0.6 is 11.3 Å². The van der Waals surface area contributed by atoms with Crippen molar-refractivity contribution in [3.05, 3.63) is 34.8 Å². The first-order valence-corrected chi connectivity index (χ1v) is 10.2. The molecule has 1 aliphatic carbocycles. The summed E-state index contributed by atoms with van der Waals surface area (Å²) in [4.78, 5) is 24.9. The standard InChI is InChI=1S/C20H24N4OS/c1-12(21)13-2-4-14(5-3-13)19(25)8-15-6-7-22-20-16(15)9-17(24-20)18-10-26-11-23-18/h6-7,9-14H,2-5,8,21H2,1H3,(H,22,24)/t12-,13?,14?/m1/s1. The predicted octanol–water partition coefficient (Wildman–Crippen LogP) is 3.95. The summed E-state index contributed by atoms with van der Waals surface area (Å²) >= 11 is 1.57. The molecule has 0 aliphatic heterocycles. The van der Waals surface area contributed by atoms with Crippen LogP contribution in [0.25, 0.3) is 22.4 Å². The highest BCUT2D eigenvalue weighted by Crippen LogP contribution is 2.32. The number of hydrogen-bond donors (Lipinski definition) is 2. The molecular formula is C20H24N4OS. The maximum absolute atomic E-state index is 12.9. The Bertz CT molecular complexity index is 892. The van der Waals surface area contributed by atoms with Crippen LogP contribution in [0.5, 0.6) is 0 Å². The quantitative estimate of drug-likeness (QED) is 0.714. The molecule has 1 aliphatic rings. The molecule has 6 heteroatoms. The summed E-state index contributed by atoms with van der Waals surface area (Å²) in [7, 11) is 0. The van der Waals surface area contributed by atoms with Crippen molar-refractivity contribution in [1.82, 2.24) is 15.0 Å². The second-order valence-corrected chi connectivity index (χ2v) is 8.12. The molecule has 0 spiro atoms. The number of nitrogens with two attached hydrogens (primary N) is 1. The Morgan fingerprint density at radius 1 is 1.35 bits per heavy atom. The molecule has 0 saturated heterocycles. The fourth-order valence-electron chi connectivity index (χ4n) is 4.02. The number of H-pyrrole nitrogens is 1. The monoisotopic (exact) mass is 368 g/mol. The molecule has 1 fully saturated rings. The minimum absolute atomic E-state index is 0.171. The highest BCUT2D eigenvalue weighted by molar-refractivity contribution is 7.07. The number of nitrogens with zero attached hydrogens (tertiary/aromatic N) is 2. The molecule has 1 saturated carbocycles. The van der Waals surface area contributed by atoms with Crippen LogP contribution in [-0.2, 0) is 11.2 Å². The van der Waals surface area contributed by atoms with E-state index in [4.69, 9.17) is 5.73 Å². The van der Waals surface area contributed by atoms with Crippen LogP contribution in [0.4, 0.5) is 0 Å². The zero-order valence-electron chi connectivity index (χ0n) is 14.9. The number of aromatic nitrogens is 3. The Balaban J connectivity index is 1.51. The maximum Gasteiger partial charge on any atom is 0.140 e. The van der Waals surface area contributed by atoms with Gasteiger partial charge in [-0.3, -0.25) is 4.79 Å². The molecular weight excluding hydrogens is 344 g/mol. The Hall–Kier alpha value is -2.05. The fraction of sp³-hybridized carbons (Fsp3) is 0.450. The summed E-state index contributed by atoms with van der Waals surface area (Å²) in [5, 5.41) is 3.03. The smallest absolute Gasteiger partial charge is 0.140 e. The van der Waals surface area contributed by atoms with Gasteiger partial charge in [0.15, 0.2) is 0 Å². The zero-order chi connectivity index (χ0) is 18.1. The Morgan fingerprint density at radius 3 is 2.85 bits per heavy atom. The average Bonchev–Trinajstić information content (AvgIpc) is 3.31. The minimum atomic E-state index is 0.171. The molecule has 4 rings (SSSR count). The third-order valence-electron chi connectivity index (χ3n) is 5.67. The van der Waals surface area contributed by atoms with Crippen molar-refractivity contribution in [2.75, 3.05) is 0 Å². The molecule has 3 aromatic heterocycles. The number of rotatable bonds is 5. The molecule has 26 heavy (non-hydrogen) atoms. The van der Waals surface area contributed by atoms with E-state index >= 15 is 0 Å². The van der Waals surface area contributed by atoms with Gasteiger partial charge in [0.2, 0.25) is 0 Å². The van der Waals surface area contributed by atoms with Gasteiger partial charge >= 0.3 is 0 Å². The number of carbonyl (C=O) groups excluding carboxylic acids is 1. The summed E-state index contributed by atoms with van der Waals surface area (Å²) in [5.41, 5.74) is 11.6. The van der Waals surface area contributed by atoms with Crippen LogP contribution in [0.1, 0.15) is 38.2 Å². The lowest BCUT2D eigenvalue weighted by atomic mass is 9.76. The van der Waals surface area contributed by atoms with Gasteiger partial charge in [-0.1, -0.05) is 0 Å². The fourth-order valence-corrected chi connectivity index (χ4v) is 4.57. The highest BCUT2D eigenvalue weighted by Gasteiger charge is 2.28. The van der Waals surface area contributed by atoms with E-state index in [-0.39, 0.29) is 12.0 Å². The van der Waals surface area contributed by atoms with Crippen molar-refractivity contribution < 1.29 is 4.79 Å². The van der Waals surface area contributed by atoms with Gasteiger partial charge in [-0.25, -0.2) is 9.97 Å². The van der Waals surface area contributed by atoms with E-state index in [0.29, 0.717) is 18.1 Å². The molecule has 0 aromatic carbocycles. The second kappa shape index (κ2) is 7.29. The van der Waals surface area contributed by atoms with Gasteiger partial charge in [-0.05, 0) is 56.2 Å². The van der Waals surface area contributed by atoms with Crippen LogP contribution in [-0.4, -0.2) is 26.8 Å². The lowest BCUT2D eigenvalue weighted by Crippen LogP contribution is -2.32. The normalized spacial score (nSPS) is 21.8. The number of Topliss-reactive ketones (excluding diaryl/α,β-unsaturated/α-hetero) is 1. The van der Waals surface area contributed by atoms with Crippen molar-refractivity contribution in [1.29, 1.82) is 0 Å². The van der Waals surface area contributed by atoms with Crippen molar-refractivity contribution >= 4 is 28.2 Å². The Morgan fingerprint density at radius 2 is 2.15 bits per heavy atom. The van der Waals surface area contributed by atoms with Crippen molar-refractivity contribution in [2.45, 2.75) is 45.1 Å². The first-order valence-electron chi connectivity index (χ1n) is 9.25. The molecule has 3 N–H and O–H groups in total. The topological polar surface area (TPSA) is 84.7 Å². The first-order chi connectivity index (χ1) is 12.6. The number of nitrogens with one attached hydrogen (secondary N) is 1. The summed E-state index contributed by atoms with van der Waals surface area (Å²) in [6.07, 6.45) is 6.32. The van der Waals surface area contributed by atoms with Crippen LogP contribution in [0, 0.1) is 11.8 Å². The Kier molecular flexibility index (Phi) is 4.87. The number of aromatic amines is 1. The minimum Gasteiger partial charge on any atom is -0.338 e. The maximum atomic E-state index is 12.9. The van der Waals surface area contributed by atoms with Gasteiger partial charge in [0.25, 0.3) is 0 Å². The van der Waals surface area contributed by atoms with Gasteiger partial charge < -0.3 is 10.7 Å². The zero-order valence-corrected chi connectivity index (χ0v) is 15.8. The van der Waals surface area contributed by atoms with Gasteiger partial charge in [0, 0.05) is 35.3 Å². The van der Waals surface area contributed by atoms with E-state index in [1.54, 1.807) is 17.5 Å². The number of thiazole rings is 1. The third-order valence-corrected chi connectivity index (χ3v) is 6.25. The average molecular weight is 369 g/mol. The van der Waals surface area contributed by atoms with E-state index in [1.807, 2.05) is 17.0 Å². The highest BCUT2D eigenvalue weighted by atomic mass is 32.1. The van der Waals surface area contributed by atoms with Crippen LogP contribution in [0.15, 0.2) is 29.2 Å². The van der Waals surface area contributed by atoms with E-state index in [0.717, 1.165) is 53.7 Å². The van der Waals surface area contributed by atoms with Gasteiger partial charge in [0.1, 0.15) is 11.4 Å². The number of pyridine rings is 1. The molecule has 0 amide bonds. The number of fused-ring (bicyclic) bond motifs is 1. The van der Waals surface area contributed by atoms with Crippen LogP contribution in [0.3, 0.4) is 0 Å². The molecule has 5 nitrogen and oxygen atoms in total. The molecule has 0 radical (unpaired) electrons. The van der Waals surface area contributed by atoms with Crippen LogP contribution < -0.4 is 5.73 Å². The molecule has 0 unspecified atom stereocenters. The predicted molar refractivity (Wildman–Crippen MR) is 105 cm³/mol. The van der Waals surface area contributed by atoms with Crippen molar-refractivity contribution in [3.63, 3.8) is 0 Å². The summed E-state index contributed by atoms with van der Waals surface area (Å²) in [6.45, 7) is 2.08. The molecule has 3 aromatic rings. The van der Waals surface area contributed by atoms with Gasteiger partial charge in [-0.15, -0.1) is 11.3 Å². The van der Waals surface area contributed by atoms with E-state index in [2.05, 4.69) is 27.9 Å². The largest absolute Gasteiger partial charge is 0.338 e. The number of hydrogen-bond acceptors (Lipinski definition) is 5. The van der Waals surface area contributed by atoms with Gasteiger partial charge in [-0.2, -0.15) is 0 Å². The molecule has 1 atom stereocenters. The van der Waals surface area contributed by atoms with Gasteiger partial charge in [0.05, 0.1) is 16.9 Å². The number of carbonyl (C=O) groups is 1. The summed E-state index contributed by atoms with van der Waals surface area (Å²) < 4.78 is 0. The summed E-state index contributed by atoms with van der Waals surface area (Å²) in [5.74, 6) is 1.08. The molecule has 0 bridgehead atoms.